The van der Waals surface area contributed by atoms with E-state index in [4.69, 9.17) is 0 Å². The SMILES string of the molecule is C=C1CCC2CC([C@@]3(C)CC[C@H](O)C[C@@H]3/C=C/c3ccccn3)CC[C@]12C. The van der Waals surface area contributed by atoms with Crippen molar-refractivity contribution in [2.45, 2.75) is 71.3 Å². The molecule has 0 bridgehead atoms. The fourth-order valence-corrected chi connectivity index (χ4v) is 6.37. The Labute approximate surface area is 164 Å². The largest absolute Gasteiger partial charge is 0.393 e. The monoisotopic (exact) mass is 365 g/mol. The van der Waals surface area contributed by atoms with Gasteiger partial charge in [-0.1, -0.05) is 38.1 Å². The van der Waals surface area contributed by atoms with Gasteiger partial charge in [0, 0.05) is 6.20 Å². The highest BCUT2D eigenvalue weighted by atomic mass is 16.3. The Morgan fingerprint density at radius 1 is 1.11 bits per heavy atom. The molecule has 0 radical (unpaired) electrons. The first-order valence-electron chi connectivity index (χ1n) is 10.9. The van der Waals surface area contributed by atoms with Crippen LogP contribution in [0.1, 0.15) is 70.9 Å². The maximum Gasteiger partial charge on any atom is 0.0626 e. The van der Waals surface area contributed by atoms with E-state index in [2.05, 4.69) is 43.6 Å². The number of allylic oxidation sites excluding steroid dienone is 2. The predicted octanol–water partition coefficient (Wildman–Crippen LogP) is 6.03. The number of aromatic nitrogens is 1. The van der Waals surface area contributed by atoms with Crippen molar-refractivity contribution in [3.8, 4) is 0 Å². The molecule has 1 N–H and O–H groups in total. The van der Waals surface area contributed by atoms with Crippen LogP contribution >= 0.6 is 0 Å². The Balaban J connectivity index is 1.55. The first-order valence-corrected chi connectivity index (χ1v) is 10.9. The fraction of sp³-hybridized carbons (Fsp3) is 0.640. The summed E-state index contributed by atoms with van der Waals surface area (Å²) in [6, 6.07) is 6.06. The Morgan fingerprint density at radius 3 is 2.74 bits per heavy atom. The van der Waals surface area contributed by atoms with E-state index >= 15 is 0 Å². The predicted molar refractivity (Wildman–Crippen MR) is 112 cm³/mol. The number of hydrogen-bond donors (Lipinski definition) is 1. The summed E-state index contributed by atoms with van der Waals surface area (Å²) in [5, 5.41) is 10.4. The first-order chi connectivity index (χ1) is 12.9. The van der Waals surface area contributed by atoms with Gasteiger partial charge in [0.2, 0.25) is 0 Å². The van der Waals surface area contributed by atoms with Crippen LogP contribution in [0.4, 0.5) is 0 Å². The van der Waals surface area contributed by atoms with Gasteiger partial charge in [0.25, 0.3) is 0 Å². The lowest BCUT2D eigenvalue weighted by atomic mass is 9.53. The number of hydrogen-bond acceptors (Lipinski definition) is 2. The van der Waals surface area contributed by atoms with Crippen molar-refractivity contribution in [2.75, 3.05) is 0 Å². The third-order valence-electron chi connectivity index (χ3n) is 8.59. The zero-order valence-electron chi connectivity index (χ0n) is 17.0. The maximum absolute atomic E-state index is 10.4. The average Bonchev–Trinajstić information content (AvgIpc) is 2.97. The number of fused-ring (bicyclic) bond motifs is 1. The molecule has 0 spiro atoms. The molecule has 3 aliphatic rings. The molecule has 2 nitrogen and oxygen atoms in total. The van der Waals surface area contributed by atoms with Gasteiger partial charge in [-0.05, 0) is 98.2 Å². The number of nitrogens with zero attached hydrogens (tertiary/aromatic N) is 1. The molecule has 0 saturated heterocycles. The lowest BCUT2D eigenvalue weighted by molar-refractivity contribution is -0.0320. The molecule has 0 aliphatic heterocycles. The van der Waals surface area contributed by atoms with Crippen LogP contribution in [0.15, 0.2) is 42.6 Å². The maximum atomic E-state index is 10.4. The van der Waals surface area contributed by atoms with E-state index in [1.807, 2.05) is 18.3 Å². The van der Waals surface area contributed by atoms with Crippen molar-refractivity contribution in [3.63, 3.8) is 0 Å². The summed E-state index contributed by atoms with van der Waals surface area (Å²) in [5.74, 6) is 2.00. The Kier molecular flexibility index (Phi) is 5.05. The third kappa shape index (κ3) is 3.42. The average molecular weight is 366 g/mol. The highest BCUT2D eigenvalue weighted by Crippen LogP contribution is 2.61. The first kappa shape index (κ1) is 18.9. The van der Waals surface area contributed by atoms with E-state index in [1.165, 1.54) is 37.7 Å². The zero-order chi connectivity index (χ0) is 19.1. The Morgan fingerprint density at radius 2 is 1.96 bits per heavy atom. The van der Waals surface area contributed by atoms with Crippen molar-refractivity contribution in [1.29, 1.82) is 0 Å². The van der Waals surface area contributed by atoms with Gasteiger partial charge < -0.3 is 5.11 Å². The molecular formula is C25H35NO. The molecule has 4 rings (SSSR count). The van der Waals surface area contributed by atoms with Crippen LogP contribution < -0.4 is 0 Å². The second kappa shape index (κ2) is 7.20. The summed E-state index contributed by atoms with van der Waals surface area (Å²) < 4.78 is 0. The molecule has 1 aromatic rings. The molecule has 27 heavy (non-hydrogen) atoms. The molecule has 1 heterocycles. The summed E-state index contributed by atoms with van der Waals surface area (Å²) in [6.07, 6.45) is 15.7. The van der Waals surface area contributed by atoms with Crippen molar-refractivity contribution < 1.29 is 5.11 Å². The normalized spacial score (nSPS) is 42.4. The molecular weight excluding hydrogens is 330 g/mol. The molecule has 3 aliphatic carbocycles. The van der Waals surface area contributed by atoms with Crippen LogP contribution in [0.3, 0.4) is 0 Å². The van der Waals surface area contributed by atoms with Crippen molar-refractivity contribution >= 4 is 6.08 Å². The Hall–Kier alpha value is -1.41. The van der Waals surface area contributed by atoms with E-state index in [1.54, 1.807) is 0 Å². The third-order valence-corrected chi connectivity index (χ3v) is 8.59. The smallest absolute Gasteiger partial charge is 0.0626 e. The molecule has 0 aromatic carbocycles. The summed E-state index contributed by atoms with van der Waals surface area (Å²) in [4.78, 5) is 4.44. The highest BCUT2D eigenvalue weighted by Gasteiger charge is 2.51. The van der Waals surface area contributed by atoms with Gasteiger partial charge in [-0.25, -0.2) is 0 Å². The number of pyridine rings is 1. The minimum Gasteiger partial charge on any atom is -0.393 e. The standard InChI is InChI=1S/C25H35NO/c1-18-7-8-19-16-21(11-13-24(18,19)2)25(3)14-12-23(27)17-20(25)9-10-22-6-4-5-15-26-22/h4-6,9-10,15,19-21,23,27H,1,7-8,11-14,16-17H2,2-3H3/b10-9+/t19?,20-,21?,23-,24+,25-/m0/s1. The molecule has 146 valence electrons. The number of aliphatic hydroxyl groups is 1. The van der Waals surface area contributed by atoms with Gasteiger partial charge in [0.1, 0.15) is 0 Å². The van der Waals surface area contributed by atoms with Gasteiger partial charge in [0.05, 0.1) is 11.8 Å². The van der Waals surface area contributed by atoms with Crippen LogP contribution in [0.2, 0.25) is 0 Å². The minimum atomic E-state index is -0.156. The van der Waals surface area contributed by atoms with Crippen LogP contribution in [-0.4, -0.2) is 16.2 Å². The molecule has 1 aromatic heterocycles. The highest BCUT2D eigenvalue weighted by molar-refractivity contribution is 5.44. The van der Waals surface area contributed by atoms with Gasteiger partial charge in [-0.15, -0.1) is 0 Å². The van der Waals surface area contributed by atoms with Gasteiger partial charge >= 0.3 is 0 Å². The Bertz CT molecular complexity index is 710. The number of rotatable bonds is 3. The quantitative estimate of drug-likeness (QED) is 0.663. The van der Waals surface area contributed by atoms with E-state index in [9.17, 15) is 5.11 Å². The van der Waals surface area contributed by atoms with Crippen LogP contribution in [0, 0.1) is 28.6 Å². The fourth-order valence-electron chi connectivity index (χ4n) is 6.37. The van der Waals surface area contributed by atoms with E-state index < -0.39 is 0 Å². The molecule has 0 amide bonds. The van der Waals surface area contributed by atoms with E-state index in [0.29, 0.717) is 11.3 Å². The molecule has 2 unspecified atom stereocenters. The lowest BCUT2D eigenvalue weighted by Gasteiger charge is -2.52. The van der Waals surface area contributed by atoms with Crippen molar-refractivity contribution in [3.05, 3.63) is 48.3 Å². The number of aliphatic hydroxyl groups excluding tert-OH is 1. The molecule has 6 atom stereocenters. The van der Waals surface area contributed by atoms with Gasteiger partial charge in [-0.2, -0.15) is 0 Å². The van der Waals surface area contributed by atoms with E-state index in [0.717, 1.165) is 36.8 Å². The van der Waals surface area contributed by atoms with Crippen LogP contribution in [0.5, 0.6) is 0 Å². The van der Waals surface area contributed by atoms with Crippen molar-refractivity contribution in [2.24, 2.45) is 28.6 Å². The molecule has 3 saturated carbocycles. The lowest BCUT2D eigenvalue weighted by Crippen LogP contribution is -2.45. The summed E-state index contributed by atoms with van der Waals surface area (Å²) in [6.45, 7) is 9.37. The second-order valence-electron chi connectivity index (χ2n) is 9.88. The minimum absolute atomic E-state index is 0.156. The van der Waals surface area contributed by atoms with Crippen molar-refractivity contribution in [1.82, 2.24) is 4.98 Å². The van der Waals surface area contributed by atoms with Gasteiger partial charge in [0.15, 0.2) is 0 Å². The van der Waals surface area contributed by atoms with E-state index in [-0.39, 0.29) is 11.5 Å². The summed E-state index contributed by atoms with van der Waals surface area (Å²) in [5.41, 5.74) is 3.20. The van der Waals surface area contributed by atoms with Crippen LogP contribution in [-0.2, 0) is 0 Å². The second-order valence-corrected chi connectivity index (χ2v) is 9.88. The zero-order valence-corrected chi connectivity index (χ0v) is 17.0. The molecule has 3 fully saturated rings. The summed E-state index contributed by atoms with van der Waals surface area (Å²) in [7, 11) is 0. The topological polar surface area (TPSA) is 33.1 Å². The summed E-state index contributed by atoms with van der Waals surface area (Å²) >= 11 is 0. The molecule has 2 heteroatoms. The van der Waals surface area contributed by atoms with Gasteiger partial charge in [-0.3, -0.25) is 4.98 Å². The van der Waals surface area contributed by atoms with Crippen LogP contribution in [0.25, 0.3) is 6.08 Å².